The van der Waals surface area contributed by atoms with Gasteiger partial charge in [0.2, 0.25) is 0 Å². The number of carboxylic acid groups (broad SMARTS) is 1. The van der Waals surface area contributed by atoms with Crippen molar-refractivity contribution in [2.45, 2.75) is 26.3 Å². The lowest BCUT2D eigenvalue weighted by molar-refractivity contribution is -0.141. The van der Waals surface area contributed by atoms with Gasteiger partial charge in [0.25, 0.3) is 0 Å². The SMILES string of the molecule is CC(CN1CCNC(C)(C)C1)C(=O)O. The Labute approximate surface area is 85.3 Å². The second kappa shape index (κ2) is 4.28. The lowest BCUT2D eigenvalue weighted by Crippen LogP contribution is -2.57. The van der Waals surface area contributed by atoms with Crippen LogP contribution >= 0.6 is 0 Å². The van der Waals surface area contributed by atoms with Crippen molar-refractivity contribution in [2.24, 2.45) is 5.92 Å². The molecule has 1 atom stereocenters. The largest absolute Gasteiger partial charge is 0.481 e. The van der Waals surface area contributed by atoms with Gasteiger partial charge < -0.3 is 10.4 Å². The molecule has 1 saturated heterocycles. The summed E-state index contributed by atoms with van der Waals surface area (Å²) in [5.74, 6) is -0.981. The van der Waals surface area contributed by atoms with E-state index in [1.54, 1.807) is 6.92 Å². The Morgan fingerprint density at radius 2 is 2.29 bits per heavy atom. The molecule has 0 aromatic rings. The fourth-order valence-corrected chi connectivity index (χ4v) is 1.87. The molecule has 1 aliphatic heterocycles. The summed E-state index contributed by atoms with van der Waals surface area (Å²) in [7, 11) is 0. The number of aliphatic carboxylic acids is 1. The number of carboxylic acids is 1. The van der Waals surface area contributed by atoms with Gasteiger partial charge in [-0.15, -0.1) is 0 Å². The highest BCUT2D eigenvalue weighted by Crippen LogP contribution is 2.11. The standard InChI is InChI=1S/C10H20N2O2/c1-8(9(13)14)6-12-5-4-11-10(2,3)7-12/h8,11H,4-7H2,1-3H3,(H,13,14). The van der Waals surface area contributed by atoms with E-state index < -0.39 is 5.97 Å². The Morgan fingerprint density at radius 3 is 2.79 bits per heavy atom. The normalized spacial score (nSPS) is 24.5. The number of hydrogen-bond acceptors (Lipinski definition) is 3. The van der Waals surface area contributed by atoms with Gasteiger partial charge in [-0.05, 0) is 13.8 Å². The smallest absolute Gasteiger partial charge is 0.307 e. The van der Waals surface area contributed by atoms with Gasteiger partial charge >= 0.3 is 5.97 Å². The molecular weight excluding hydrogens is 180 g/mol. The van der Waals surface area contributed by atoms with Crippen LogP contribution in [0.4, 0.5) is 0 Å². The van der Waals surface area contributed by atoms with Crippen molar-refractivity contribution in [3.63, 3.8) is 0 Å². The quantitative estimate of drug-likeness (QED) is 0.692. The first-order valence-corrected chi connectivity index (χ1v) is 5.11. The van der Waals surface area contributed by atoms with Gasteiger partial charge in [-0.2, -0.15) is 0 Å². The van der Waals surface area contributed by atoms with Crippen LogP contribution in [0, 0.1) is 5.92 Å². The van der Waals surface area contributed by atoms with Gasteiger partial charge in [0.15, 0.2) is 0 Å². The first-order chi connectivity index (χ1) is 6.41. The van der Waals surface area contributed by atoms with Crippen LogP contribution in [0.25, 0.3) is 0 Å². The van der Waals surface area contributed by atoms with Gasteiger partial charge in [-0.3, -0.25) is 9.69 Å². The van der Waals surface area contributed by atoms with Crippen molar-refractivity contribution < 1.29 is 9.90 Å². The number of nitrogens with zero attached hydrogens (tertiary/aromatic N) is 1. The van der Waals surface area contributed by atoms with Crippen molar-refractivity contribution in [3.05, 3.63) is 0 Å². The lowest BCUT2D eigenvalue weighted by atomic mass is 10.0. The number of piperazine rings is 1. The molecule has 0 amide bonds. The number of hydrogen-bond donors (Lipinski definition) is 2. The summed E-state index contributed by atoms with van der Waals surface area (Å²) >= 11 is 0. The molecule has 0 aromatic heterocycles. The maximum absolute atomic E-state index is 10.7. The third-order valence-electron chi connectivity index (χ3n) is 2.60. The summed E-state index contributed by atoms with van der Waals surface area (Å²) in [6.45, 7) is 9.51. The molecule has 0 bridgehead atoms. The third-order valence-corrected chi connectivity index (χ3v) is 2.60. The average Bonchev–Trinajstić information content (AvgIpc) is 2.01. The van der Waals surface area contributed by atoms with E-state index in [1.807, 2.05) is 0 Å². The van der Waals surface area contributed by atoms with E-state index >= 15 is 0 Å². The molecule has 1 aliphatic rings. The van der Waals surface area contributed by atoms with Crippen LogP contribution in [0.5, 0.6) is 0 Å². The van der Waals surface area contributed by atoms with E-state index in [1.165, 1.54) is 0 Å². The van der Waals surface area contributed by atoms with Crippen LogP contribution in [-0.2, 0) is 4.79 Å². The second-order valence-corrected chi connectivity index (χ2v) is 4.79. The summed E-state index contributed by atoms with van der Waals surface area (Å²) in [6.07, 6.45) is 0. The van der Waals surface area contributed by atoms with Crippen LogP contribution in [0.15, 0.2) is 0 Å². The van der Waals surface area contributed by atoms with E-state index in [4.69, 9.17) is 5.11 Å². The number of rotatable bonds is 3. The summed E-state index contributed by atoms with van der Waals surface area (Å²) in [5, 5.41) is 12.2. The molecule has 1 fully saturated rings. The first kappa shape index (κ1) is 11.5. The van der Waals surface area contributed by atoms with E-state index in [0.29, 0.717) is 6.54 Å². The predicted octanol–water partition coefficient (Wildman–Crippen LogP) is 0.391. The van der Waals surface area contributed by atoms with Crippen LogP contribution < -0.4 is 5.32 Å². The summed E-state index contributed by atoms with van der Waals surface area (Å²) in [5.41, 5.74) is 0.108. The molecule has 0 saturated carbocycles. The minimum absolute atomic E-state index is 0.108. The van der Waals surface area contributed by atoms with Crippen molar-refractivity contribution in [2.75, 3.05) is 26.2 Å². The van der Waals surface area contributed by atoms with Gasteiger partial charge in [-0.1, -0.05) is 6.92 Å². The fraction of sp³-hybridized carbons (Fsp3) is 0.900. The van der Waals surface area contributed by atoms with Crippen molar-refractivity contribution in [3.8, 4) is 0 Å². The highest BCUT2D eigenvalue weighted by Gasteiger charge is 2.27. The van der Waals surface area contributed by atoms with Gasteiger partial charge in [-0.25, -0.2) is 0 Å². The maximum atomic E-state index is 10.7. The summed E-state index contributed by atoms with van der Waals surface area (Å²) in [6, 6.07) is 0. The molecule has 1 heterocycles. The molecule has 4 nitrogen and oxygen atoms in total. The minimum Gasteiger partial charge on any atom is -0.481 e. The molecule has 0 radical (unpaired) electrons. The van der Waals surface area contributed by atoms with Crippen molar-refractivity contribution in [1.82, 2.24) is 10.2 Å². The lowest BCUT2D eigenvalue weighted by Gasteiger charge is -2.39. The molecule has 0 aliphatic carbocycles. The topological polar surface area (TPSA) is 52.6 Å². The fourth-order valence-electron chi connectivity index (χ4n) is 1.87. The molecule has 0 aromatic carbocycles. The zero-order valence-electron chi connectivity index (χ0n) is 9.21. The summed E-state index contributed by atoms with van der Waals surface area (Å²) in [4.78, 5) is 12.9. The van der Waals surface area contributed by atoms with Crippen molar-refractivity contribution in [1.29, 1.82) is 0 Å². The Bertz CT molecular complexity index is 216. The monoisotopic (exact) mass is 200 g/mol. The maximum Gasteiger partial charge on any atom is 0.307 e. The van der Waals surface area contributed by atoms with E-state index in [0.717, 1.165) is 19.6 Å². The first-order valence-electron chi connectivity index (χ1n) is 5.11. The number of nitrogens with one attached hydrogen (secondary N) is 1. The third kappa shape index (κ3) is 3.27. The Balaban J connectivity index is 2.42. The Hall–Kier alpha value is -0.610. The zero-order valence-corrected chi connectivity index (χ0v) is 9.21. The van der Waals surface area contributed by atoms with Crippen LogP contribution in [0.1, 0.15) is 20.8 Å². The van der Waals surface area contributed by atoms with Crippen LogP contribution in [0.3, 0.4) is 0 Å². The van der Waals surface area contributed by atoms with Gasteiger partial charge in [0.1, 0.15) is 0 Å². The van der Waals surface area contributed by atoms with Crippen LogP contribution in [-0.4, -0.2) is 47.7 Å². The molecule has 2 N–H and O–H groups in total. The zero-order chi connectivity index (χ0) is 10.8. The molecule has 82 valence electrons. The molecule has 4 heteroatoms. The molecule has 14 heavy (non-hydrogen) atoms. The molecule has 0 spiro atoms. The van der Waals surface area contributed by atoms with Crippen LogP contribution in [0.2, 0.25) is 0 Å². The summed E-state index contributed by atoms with van der Waals surface area (Å²) < 4.78 is 0. The number of carbonyl (C=O) groups is 1. The highest BCUT2D eigenvalue weighted by molar-refractivity contribution is 5.69. The van der Waals surface area contributed by atoms with E-state index in [2.05, 4.69) is 24.1 Å². The average molecular weight is 200 g/mol. The van der Waals surface area contributed by atoms with Gasteiger partial charge in [0, 0.05) is 31.7 Å². The highest BCUT2D eigenvalue weighted by atomic mass is 16.4. The molecular formula is C10H20N2O2. The predicted molar refractivity (Wildman–Crippen MR) is 55.3 cm³/mol. The molecule has 1 unspecified atom stereocenters. The Kier molecular flexibility index (Phi) is 3.50. The minimum atomic E-state index is -0.707. The van der Waals surface area contributed by atoms with Gasteiger partial charge in [0.05, 0.1) is 5.92 Å². The van der Waals surface area contributed by atoms with E-state index in [9.17, 15) is 4.79 Å². The van der Waals surface area contributed by atoms with E-state index in [-0.39, 0.29) is 11.5 Å². The molecule has 1 rings (SSSR count). The van der Waals surface area contributed by atoms with Crippen molar-refractivity contribution >= 4 is 5.97 Å². The second-order valence-electron chi connectivity index (χ2n) is 4.79. The Morgan fingerprint density at radius 1 is 1.64 bits per heavy atom.